The molecule has 2 unspecified atom stereocenters. The summed E-state index contributed by atoms with van der Waals surface area (Å²) in [5, 5.41) is 25.7. The third kappa shape index (κ3) is 6.88. The lowest BCUT2D eigenvalue weighted by Crippen LogP contribution is -2.33. The molecule has 0 aliphatic rings. The zero-order valence-corrected chi connectivity index (χ0v) is 21.5. The first kappa shape index (κ1) is 27.7. The summed E-state index contributed by atoms with van der Waals surface area (Å²) < 4.78 is 36.3. The summed E-state index contributed by atoms with van der Waals surface area (Å²) in [6.07, 6.45) is -3.11. The Morgan fingerprint density at radius 1 is 1.08 bits per heavy atom. The van der Waals surface area contributed by atoms with Crippen molar-refractivity contribution in [1.29, 1.82) is 0 Å². The van der Waals surface area contributed by atoms with Crippen molar-refractivity contribution < 1.29 is 43.1 Å². The molecule has 0 saturated carbocycles. The molecule has 0 radical (unpaired) electrons. The summed E-state index contributed by atoms with van der Waals surface area (Å²) in [6, 6.07) is 14.1. The van der Waals surface area contributed by atoms with Crippen LogP contribution in [-0.4, -0.2) is 58.7 Å². The zero-order valence-electron chi connectivity index (χ0n) is 20.7. The maximum Gasteiger partial charge on any atom is 0.506 e. The van der Waals surface area contributed by atoms with E-state index in [-0.39, 0.29) is 11.5 Å². The Morgan fingerprint density at radius 3 is 2.38 bits per heavy atom. The fraction of sp³-hybridized carbons (Fsp3) is 0.292. The van der Waals surface area contributed by atoms with Crippen LogP contribution in [0.4, 0.5) is 4.79 Å². The molecule has 12 nitrogen and oxygen atoms in total. The van der Waals surface area contributed by atoms with Crippen LogP contribution in [0.15, 0.2) is 54.6 Å². The number of hydrogen-bond acceptors (Lipinski definition) is 8. The lowest BCUT2D eigenvalue weighted by Gasteiger charge is -2.24. The minimum Gasteiger partial charge on any atom is -0.493 e. The van der Waals surface area contributed by atoms with Gasteiger partial charge in [-0.2, -0.15) is 5.10 Å². The lowest BCUT2D eigenvalue weighted by molar-refractivity contribution is -0.138. The Morgan fingerprint density at radius 2 is 1.78 bits per heavy atom. The smallest absolute Gasteiger partial charge is 0.493 e. The average molecular weight is 533 g/mol. The Balaban J connectivity index is 2.10. The van der Waals surface area contributed by atoms with E-state index in [1.54, 1.807) is 23.7 Å². The van der Waals surface area contributed by atoms with Gasteiger partial charge in [-0.3, -0.25) is 9.36 Å². The number of nitrogens with one attached hydrogen (secondary N) is 1. The summed E-state index contributed by atoms with van der Waals surface area (Å²) in [5.41, 5.74) is 2.05. The van der Waals surface area contributed by atoms with Crippen molar-refractivity contribution >= 4 is 19.6 Å². The molecule has 198 valence electrons. The van der Waals surface area contributed by atoms with E-state index in [9.17, 15) is 24.4 Å². The van der Waals surface area contributed by atoms with E-state index in [2.05, 4.69) is 10.2 Å². The van der Waals surface area contributed by atoms with Gasteiger partial charge in [0.1, 0.15) is 12.4 Å². The number of rotatable bonds is 12. The summed E-state index contributed by atoms with van der Waals surface area (Å²) in [6.45, 7) is 3.07. The molecule has 0 aliphatic carbocycles. The van der Waals surface area contributed by atoms with Crippen LogP contribution in [0.5, 0.6) is 11.5 Å². The second kappa shape index (κ2) is 11.9. The summed E-state index contributed by atoms with van der Waals surface area (Å²) in [5.74, 6) is -1.10. The Bertz CT molecular complexity index is 1300. The summed E-state index contributed by atoms with van der Waals surface area (Å²) in [7, 11) is -1.24. The van der Waals surface area contributed by atoms with E-state index >= 15 is 0 Å². The topological polar surface area (TPSA) is 158 Å². The van der Waals surface area contributed by atoms with Gasteiger partial charge in [-0.25, -0.2) is 14.6 Å². The average Bonchev–Trinajstić information content (AvgIpc) is 3.24. The SMILES string of the molecule is COCP(=O)(N[C@@H](C)C(=O)O)Oc1cc(C(OC(=O)O)c2cc(C)nn2-c2ccccc2)ccc1OC. The fourth-order valence-corrected chi connectivity index (χ4v) is 5.26. The Kier molecular flexibility index (Phi) is 8.93. The van der Waals surface area contributed by atoms with Crippen molar-refractivity contribution in [2.75, 3.05) is 20.6 Å². The zero-order chi connectivity index (χ0) is 27.2. The minimum atomic E-state index is -3.90. The van der Waals surface area contributed by atoms with Gasteiger partial charge in [0.25, 0.3) is 0 Å². The van der Waals surface area contributed by atoms with Gasteiger partial charge in [0.15, 0.2) is 17.6 Å². The fourth-order valence-electron chi connectivity index (χ4n) is 3.58. The molecule has 3 atom stereocenters. The van der Waals surface area contributed by atoms with E-state index < -0.39 is 38.1 Å². The van der Waals surface area contributed by atoms with E-state index in [4.69, 9.17) is 18.7 Å². The van der Waals surface area contributed by atoms with Crippen LogP contribution in [0.1, 0.15) is 30.0 Å². The van der Waals surface area contributed by atoms with Gasteiger partial charge in [0, 0.05) is 12.7 Å². The molecule has 3 aromatic rings. The number of aromatic nitrogens is 2. The van der Waals surface area contributed by atoms with Crippen molar-refractivity contribution in [2.24, 2.45) is 0 Å². The highest BCUT2D eigenvalue weighted by molar-refractivity contribution is 7.57. The third-order valence-electron chi connectivity index (χ3n) is 5.14. The van der Waals surface area contributed by atoms with Crippen LogP contribution in [-0.2, 0) is 18.8 Å². The molecule has 0 spiro atoms. The number of aryl methyl sites for hydroxylation is 1. The monoisotopic (exact) mass is 533 g/mol. The van der Waals surface area contributed by atoms with Crippen molar-refractivity contribution in [2.45, 2.75) is 26.0 Å². The molecule has 0 aliphatic heterocycles. The van der Waals surface area contributed by atoms with Crippen LogP contribution in [0.25, 0.3) is 5.69 Å². The number of carboxylic acids is 1. The molecule has 1 aromatic heterocycles. The lowest BCUT2D eigenvalue weighted by atomic mass is 10.0. The van der Waals surface area contributed by atoms with Gasteiger partial charge in [0.2, 0.25) is 0 Å². The van der Waals surface area contributed by atoms with E-state index in [1.807, 2.05) is 30.3 Å². The largest absolute Gasteiger partial charge is 0.506 e. The maximum absolute atomic E-state index is 13.4. The Hall–Kier alpha value is -3.86. The van der Waals surface area contributed by atoms with Crippen LogP contribution in [0.2, 0.25) is 0 Å². The van der Waals surface area contributed by atoms with Gasteiger partial charge in [-0.05, 0) is 44.2 Å². The van der Waals surface area contributed by atoms with Gasteiger partial charge in [0.05, 0.1) is 24.2 Å². The van der Waals surface area contributed by atoms with Crippen molar-refractivity contribution in [1.82, 2.24) is 14.9 Å². The van der Waals surface area contributed by atoms with Crippen LogP contribution >= 0.6 is 7.52 Å². The molecule has 2 aromatic carbocycles. The third-order valence-corrected chi connectivity index (χ3v) is 7.01. The minimum absolute atomic E-state index is 0.0352. The molecular weight excluding hydrogens is 505 g/mol. The maximum atomic E-state index is 13.4. The Labute approximate surface area is 213 Å². The van der Waals surface area contributed by atoms with Crippen LogP contribution in [0.3, 0.4) is 0 Å². The molecule has 0 bridgehead atoms. The first-order chi connectivity index (χ1) is 17.6. The second-order valence-electron chi connectivity index (χ2n) is 8.00. The predicted octanol–water partition coefficient (Wildman–Crippen LogP) is 4.21. The van der Waals surface area contributed by atoms with E-state index in [0.717, 1.165) is 0 Å². The highest BCUT2D eigenvalue weighted by Crippen LogP contribution is 2.47. The van der Waals surface area contributed by atoms with E-state index in [0.29, 0.717) is 22.6 Å². The number of benzene rings is 2. The number of carbonyl (C=O) groups is 2. The molecule has 0 saturated heterocycles. The molecular formula is C24H28N3O9P. The number of hydrogen-bond donors (Lipinski definition) is 3. The van der Waals surface area contributed by atoms with Crippen LogP contribution < -0.4 is 14.3 Å². The number of methoxy groups -OCH3 is 2. The number of aliphatic carboxylic acids is 1. The van der Waals surface area contributed by atoms with Crippen molar-refractivity contribution in [3.63, 3.8) is 0 Å². The second-order valence-corrected chi connectivity index (χ2v) is 10.0. The first-order valence-corrected chi connectivity index (χ1v) is 12.9. The molecule has 13 heteroatoms. The normalized spacial score (nSPS) is 14.3. The molecule has 3 N–H and O–H groups in total. The van der Waals surface area contributed by atoms with Crippen molar-refractivity contribution in [3.8, 4) is 17.2 Å². The van der Waals surface area contributed by atoms with Gasteiger partial charge in [-0.15, -0.1) is 0 Å². The molecule has 0 amide bonds. The van der Waals surface area contributed by atoms with Crippen LogP contribution in [0, 0.1) is 6.92 Å². The molecule has 37 heavy (non-hydrogen) atoms. The van der Waals surface area contributed by atoms with Gasteiger partial charge < -0.3 is 28.9 Å². The number of nitrogens with zero attached hydrogens (tertiary/aromatic N) is 2. The molecule has 1 heterocycles. The van der Waals surface area contributed by atoms with E-state index in [1.165, 1.54) is 33.3 Å². The highest BCUT2D eigenvalue weighted by Gasteiger charge is 2.32. The summed E-state index contributed by atoms with van der Waals surface area (Å²) >= 11 is 0. The molecule has 3 rings (SSSR count). The number of carboxylic acid groups (broad SMARTS) is 2. The quantitative estimate of drug-likeness (QED) is 0.226. The standard InChI is InChI=1S/C24H28N3O9P/c1-15-12-19(27(25-15)18-8-6-5-7-9-18)22(35-24(30)31)17-10-11-20(34-4)21(13-17)36-37(32,14-33-3)26-16(2)23(28)29/h5-13,16,22H,14H2,1-4H3,(H,26,32)(H,28,29)(H,30,31)/t16-,22?,37?/m0/s1. The summed E-state index contributed by atoms with van der Waals surface area (Å²) in [4.78, 5) is 23.0. The predicted molar refractivity (Wildman–Crippen MR) is 133 cm³/mol. The van der Waals surface area contributed by atoms with Crippen molar-refractivity contribution in [3.05, 3.63) is 71.5 Å². The number of ether oxygens (including phenoxy) is 3. The number of para-hydroxylation sites is 1. The first-order valence-electron chi connectivity index (χ1n) is 11.0. The molecule has 0 fully saturated rings. The highest BCUT2D eigenvalue weighted by atomic mass is 31.2. The van der Waals surface area contributed by atoms with Gasteiger partial charge in [-0.1, -0.05) is 24.3 Å². The van der Waals surface area contributed by atoms with Gasteiger partial charge >= 0.3 is 19.6 Å².